The maximum absolute atomic E-state index is 14.4. The minimum absolute atomic E-state index is 0.0139. The predicted molar refractivity (Wildman–Crippen MR) is 109 cm³/mol. The number of ether oxygens (including phenoxy) is 1. The number of benzene rings is 1. The molecule has 29 heavy (non-hydrogen) atoms. The number of carbonyl (C=O) groups is 1. The zero-order chi connectivity index (χ0) is 20.4. The van der Waals surface area contributed by atoms with Crippen LogP contribution < -0.4 is 15.6 Å². The number of nitrogens with one attached hydrogen (secondary N) is 2. The second kappa shape index (κ2) is 8.61. The van der Waals surface area contributed by atoms with Crippen molar-refractivity contribution in [1.29, 1.82) is 0 Å². The summed E-state index contributed by atoms with van der Waals surface area (Å²) in [7, 11) is 0. The van der Waals surface area contributed by atoms with Crippen molar-refractivity contribution in [2.75, 3.05) is 6.61 Å². The van der Waals surface area contributed by atoms with Gasteiger partial charge >= 0.3 is 6.09 Å². The Balaban J connectivity index is 1.41. The molecule has 1 aromatic carbocycles. The molecule has 2 aliphatic rings. The highest BCUT2D eigenvalue weighted by Gasteiger charge is 2.24. The molecule has 7 nitrogen and oxygen atoms in total. The van der Waals surface area contributed by atoms with Crippen molar-refractivity contribution in [2.24, 2.45) is 5.92 Å². The van der Waals surface area contributed by atoms with E-state index in [1.165, 1.54) is 6.07 Å². The lowest BCUT2D eigenvalue weighted by atomic mass is 9.95. The second-order valence-corrected chi connectivity index (χ2v) is 9.09. The highest BCUT2D eigenvalue weighted by Crippen LogP contribution is 2.32. The van der Waals surface area contributed by atoms with E-state index < -0.39 is 17.5 Å². The summed E-state index contributed by atoms with van der Waals surface area (Å²) < 4.78 is 20.0. The molecule has 0 atom stereocenters. The van der Waals surface area contributed by atoms with E-state index in [2.05, 4.69) is 15.3 Å². The molecule has 0 radical (unpaired) electrons. The second-order valence-electron chi connectivity index (χ2n) is 7.80. The van der Waals surface area contributed by atoms with Crippen LogP contribution in [0.2, 0.25) is 0 Å². The molecule has 0 spiro atoms. The number of nitrogens with zero attached hydrogens (tertiary/aromatic N) is 1. The molecule has 2 aliphatic carbocycles. The molecule has 3 N–H and O–H groups in total. The first-order chi connectivity index (χ1) is 14.0. The van der Waals surface area contributed by atoms with Crippen LogP contribution in [0.1, 0.15) is 44.3 Å². The van der Waals surface area contributed by atoms with E-state index >= 15 is 0 Å². The summed E-state index contributed by atoms with van der Waals surface area (Å²) >= 11 is 1.69. The number of amides is 1. The smallest absolute Gasteiger partial charge is 0.404 e. The van der Waals surface area contributed by atoms with Gasteiger partial charge in [-0.25, -0.2) is 14.2 Å². The summed E-state index contributed by atoms with van der Waals surface area (Å²) in [6.07, 6.45) is 4.72. The van der Waals surface area contributed by atoms with Crippen LogP contribution in [0.4, 0.5) is 9.18 Å². The summed E-state index contributed by atoms with van der Waals surface area (Å²) in [5.74, 6) is 1.36. The predicted octanol–water partition coefficient (Wildman–Crippen LogP) is 3.66. The molecule has 156 valence electrons. The van der Waals surface area contributed by atoms with E-state index in [1.54, 1.807) is 17.8 Å². The van der Waals surface area contributed by atoms with Crippen molar-refractivity contribution >= 4 is 28.8 Å². The summed E-state index contributed by atoms with van der Waals surface area (Å²) in [6, 6.07) is 2.90. The molecule has 0 bridgehead atoms. The third kappa shape index (κ3) is 5.20. The highest BCUT2D eigenvalue weighted by molar-refractivity contribution is 7.99. The van der Waals surface area contributed by atoms with E-state index in [9.17, 15) is 14.0 Å². The van der Waals surface area contributed by atoms with Crippen molar-refractivity contribution in [3.8, 4) is 5.75 Å². The first kappa shape index (κ1) is 20.0. The minimum Gasteiger partial charge on any atom is -0.493 e. The number of hydrogen-bond acceptors (Lipinski definition) is 5. The molecular weight excluding hydrogens is 397 g/mol. The summed E-state index contributed by atoms with van der Waals surface area (Å²) in [5.41, 5.74) is -0.171. The fourth-order valence-corrected chi connectivity index (χ4v) is 4.78. The molecule has 4 rings (SSSR count). The van der Waals surface area contributed by atoms with Crippen LogP contribution in [0.5, 0.6) is 5.75 Å². The molecule has 0 aliphatic heterocycles. The fourth-order valence-electron chi connectivity index (χ4n) is 3.64. The van der Waals surface area contributed by atoms with Gasteiger partial charge in [-0.05, 0) is 44.4 Å². The van der Waals surface area contributed by atoms with E-state index in [4.69, 9.17) is 9.84 Å². The van der Waals surface area contributed by atoms with Gasteiger partial charge in [-0.2, -0.15) is 11.8 Å². The van der Waals surface area contributed by atoms with Gasteiger partial charge < -0.3 is 20.1 Å². The van der Waals surface area contributed by atoms with Crippen molar-refractivity contribution in [3.63, 3.8) is 0 Å². The fraction of sp³-hybridized carbons (Fsp3) is 0.550. The van der Waals surface area contributed by atoms with Gasteiger partial charge in [-0.15, -0.1) is 0 Å². The van der Waals surface area contributed by atoms with Crippen LogP contribution in [0.25, 0.3) is 10.9 Å². The third-order valence-electron chi connectivity index (χ3n) is 5.42. The average Bonchev–Trinajstić information content (AvgIpc) is 3.49. The van der Waals surface area contributed by atoms with Crippen LogP contribution in [0.15, 0.2) is 16.9 Å². The number of aromatic nitrogens is 2. The Morgan fingerprint density at radius 2 is 2.03 bits per heavy atom. The Morgan fingerprint density at radius 3 is 2.72 bits per heavy atom. The van der Waals surface area contributed by atoms with E-state index in [1.807, 2.05) is 0 Å². The summed E-state index contributed by atoms with van der Waals surface area (Å²) in [6.45, 7) is 0.566. The Kier molecular flexibility index (Phi) is 5.94. The molecule has 2 saturated carbocycles. The van der Waals surface area contributed by atoms with Crippen molar-refractivity contribution in [3.05, 3.63) is 34.1 Å². The largest absolute Gasteiger partial charge is 0.493 e. The molecule has 0 unspecified atom stereocenters. The molecule has 1 aromatic heterocycles. The number of hydrogen-bond donors (Lipinski definition) is 3. The molecular formula is C20H24FN3O4S. The van der Waals surface area contributed by atoms with Crippen molar-refractivity contribution in [2.45, 2.75) is 55.6 Å². The SMILES string of the molecule is O=C(O)NC1CCC(SCc2nc3cc(OCC4CC4)cc(F)c3c(=O)[nH]2)CC1. The molecule has 2 fully saturated rings. The Morgan fingerprint density at radius 1 is 1.28 bits per heavy atom. The third-order valence-corrected chi connectivity index (χ3v) is 6.81. The van der Waals surface area contributed by atoms with Crippen LogP contribution in [-0.2, 0) is 5.75 Å². The Hall–Kier alpha value is -2.29. The van der Waals surface area contributed by atoms with Gasteiger partial charge in [-0.1, -0.05) is 0 Å². The lowest BCUT2D eigenvalue weighted by Crippen LogP contribution is -2.37. The van der Waals surface area contributed by atoms with Crippen molar-refractivity contribution < 1.29 is 19.0 Å². The number of carboxylic acid groups (broad SMARTS) is 1. The number of aromatic amines is 1. The zero-order valence-corrected chi connectivity index (χ0v) is 16.8. The number of thioether (sulfide) groups is 1. The van der Waals surface area contributed by atoms with Crippen LogP contribution in [0, 0.1) is 11.7 Å². The molecule has 2 aromatic rings. The molecule has 9 heteroatoms. The van der Waals surface area contributed by atoms with Gasteiger partial charge in [-0.3, -0.25) is 4.79 Å². The van der Waals surface area contributed by atoms with E-state index in [0.717, 1.165) is 38.5 Å². The van der Waals surface area contributed by atoms with Gasteiger partial charge in [0.15, 0.2) is 0 Å². The normalized spacial score (nSPS) is 21.8. The summed E-state index contributed by atoms with van der Waals surface area (Å²) in [4.78, 5) is 30.2. The standard InChI is InChI=1S/C20H24FN3O4S/c21-15-7-13(28-9-11-1-2-11)8-16-18(15)19(25)24-17(23-16)10-29-14-5-3-12(4-6-14)22-20(26)27/h7-8,11-12,14,22H,1-6,9-10H2,(H,26,27)(H,23,24,25). The van der Waals surface area contributed by atoms with Gasteiger partial charge in [0.1, 0.15) is 22.8 Å². The van der Waals surface area contributed by atoms with E-state index in [0.29, 0.717) is 40.6 Å². The van der Waals surface area contributed by atoms with Gasteiger partial charge in [0, 0.05) is 23.4 Å². The van der Waals surface area contributed by atoms with Crippen LogP contribution >= 0.6 is 11.8 Å². The number of H-pyrrole nitrogens is 1. The lowest BCUT2D eigenvalue weighted by Gasteiger charge is -2.27. The monoisotopic (exact) mass is 421 g/mol. The van der Waals surface area contributed by atoms with E-state index in [-0.39, 0.29) is 11.4 Å². The topological polar surface area (TPSA) is 104 Å². The van der Waals surface area contributed by atoms with Crippen LogP contribution in [0.3, 0.4) is 0 Å². The first-order valence-electron chi connectivity index (χ1n) is 9.94. The first-order valence-corrected chi connectivity index (χ1v) is 11.0. The Bertz CT molecular complexity index is 955. The van der Waals surface area contributed by atoms with Gasteiger partial charge in [0.2, 0.25) is 0 Å². The van der Waals surface area contributed by atoms with Crippen molar-refractivity contribution in [1.82, 2.24) is 15.3 Å². The Labute approximate surface area is 171 Å². The summed E-state index contributed by atoms with van der Waals surface area (Å²) in [5, 5.41) is 11.7. The highest BCUT2D eigenvalue weighted by atomic mass is 32.2. The molecule has 0 saturated heterocycles. The quantitative estimate of drug-likeness (QED) is 0.630. The van der Waals surface area contributed by atoms with Gasteiger partial charge in [0.25, 0.3) is 5.56 Å². The number of halogens is 1. The maximum atomic E-state index is 14.4. The van der Waals surface area contributed by atoms with Crippen LogP contribution in [-0.4, -0.2) is 39.1 Å². The zero-order valence-electron chi connectivity index (χ0n) is 15.9. The maximum Gasteiger partial charge on any atom is 0.404 e. The lowest BCUT2D eigenvalue weighted by molar-refractivity contribution is 0.186. The average molecular weight is 421 g/mol. The van der Waals surface area contributed by atoms with Gasteiger partial charge in [0.05, 0.1) is 17.9 Å². The molecule has 1 amide bonds. The number of fused-ring (bicyclic) bond motifs is 1. The number of rotatable bonds is 7. The minimum atomic E-state index is -0.980. The molecule has 1 heterocycles.